The van der Waals surface area contributed by atoms with Gasteiger partial charge in [0, 0.05) is 22.8 Å². The molecular weight excluding hydrogens is 567 g/mol. The Morgan fingerprint density at radius 3 is 2.00 bits per heavy atom. The molecule has 1 amide bonds. The fourth-order valence-corrected chi connectivity index (χ4v) is 4.43. The molecule has 0 bridgehead atoms. The minimum Gasteiger partial charge on any atom is -0.507 e. The van der Waals surface area contributed by atoms with Crippen LogP contribution in [0, 0.1) is 6.92 Å². The van der Waals surface area contributed by atoms with Crippen LogP contribution in [0.1, 0.15) is 67.6 Å². The van der Waals surface area contributed by atoms with Gasteiger partial charge in [-0.15, -0.1) is 0 Å². The molecule has 2 aromatic carbocycles. The lowest BCUT2D eigenvalue weighted by molar-refractivity contribution is -0.0980. The van der Waals surface area contributed by atoms with Crippen molar-refractivity contribution >= 4 is 44.2 Å². The zero-order valence-electron chi connectivity index (χ0n) is 21.0. The molecule has 0 saturated carbocycles. The van der Waals surface area contributed by atoms with Crippen LogP contribution in [0.4, 0.5) is 18.9 Å². The molecule has 0 aliphatic carbocycles. The van der Waals surface area contributed by atoms with E-state index in [1.165, 1.54) is 0 Å². The number of amides is 1. The lowest BCUT2D eigenvalue weighted by Crippen LogP contribution is -2.24. The largest absolute Gasteiger partial charge is 0.507 e. The number of anilines is 1. The van der Waals surface area contributed by atoms with E-state index in [0.29, 0.717) is 15.6 Å². The minimum atomic E-state index is -5.53. The number of phenols is 1. The summed E-state index contributed by atoms with van der Waals surface area (Å²) < 4.78 is 63.1. The van der Waals surface area contributed by atoms with Crippen LogP contribution < -0.4 is 5.32 Å². The molecule has 12 heteroatoms. The highest BCUT2D eigenvalue weighted by Crippen LogP contribution is 2.39. The maximum Gasteiger partial charge on any atom is 0.501 e. The molecule has 3 N–H and O–H groups in total. The number of alkyl halides is 3. The van der Waals surface area contributed by atoms with E-state index in [0.717, 1.165) is 25.3 Å². The highest BCUT2D eigenvalue weighted by molar-refractivity contribution is 9.10. The maximum atomic E-state index is 13.1. The third kappa shape index (κ3) is 7.30. The van der Waals surface area contributed by atoms with Crippen LogP contribution in [0.3, 0.4) is 0 Å². The summed E-state index contributed by atoms with van der Waals surface area (Å²) in [5.41, 5.74) is -4.49. The second-order valence-electron chi connectivity index (χ2n) is 8.81. The van der Waals surface area contributed by atoms with Crippen LogP contribution in [0.5, 0.6) is 5.75 Å². The predicted molar refractivity (Wildman–Crippen MR) is 136 cm³/mol. The third-order valence-corrected chi connectivity index (χ3v) is 7.35. The van der Waals surface area contributed by atoms with Crippen molar-refractivity contribution in [2.45, 2.75) is 63.3 Å². The first-order valence-corrected chi connectivity index (χ1v) is 12.7. The maximum absolute atomic E-state index is 13.1. The monoisotopic (exact) mass is 597 g/mol. The molecule has 0 aliphatic rings. The first-order valence-electron chi connectivity index (χ1n) is 10.4. The minimum absolute atomic E-state index is 0.0194. The molecule has 0 unspecified atom stereocenters. The van der Waals surface area contributed by atoms with Gasteiger partial charge in [0.15, 0.2) is 0 Å². The van der Waals surface area contributed by atoms with Gasteiger partial charge >= 0.3 is 5.51 Å². The summed E-state index contributed by atoms with van der Waals surface area (Å²) in [5.74, 6) is -1.26. The summed E-state index contributed by atoms with van der Waals surface area (Å²) in [5, 5.41) is 20.4. The molecule has 7 nitrogen and oxygen atoms in total. The fraction of sp³-hybridized carbons (Fsp3) is 0.417. The number of carbonyl (C=O) groups is 2. The van der Waals surface area contributed by atoms with Gasteiger partial charge in [0.2, 0.25) is 0 Å². The molecule has 202 valence electrons. The highest BCUT2D eigenvalue weighted by atomic mass is 79.9. The van der Waals surface area contributed by atoms with Crippen molar-refractivity contribution in [3.63, 3.8) is 0 Å². The molecule has 0 fully saturated rings. The Balaban J connectivity index is 0.00000291. The number of aromatic hydroxyl groups is 1. The quantitative estimate of drug-likeness (QED) is 0.406. The Hall–Kier alpha value is -2.44. The first kappa shape index (κ1) is 33.6. The second-order valence-corrected chi connectivity index (χ2v) is 11.6. The van der Waals surface area contributed by atoms with Gasteiger partial charge in [-0.3, -0.25) is 4.79 Å². The van der Waals surface area contributed by atoms with Crippen molar-refractivity contribution in [1.29, 1.82) is 0 Å². The predicted octanol–water partition coefficient (Wildman–Crippen LogP) is 5.85. The molecule has 0 heterocycles. The molecule has 2 rings (SSSR count). The number of aliphatic hydroxyl groups is 1. The van der Waals surface area contributed by atoms with E-state index < -0.39 is 37.5 Å². The number of hydrogen-bond donors (Lipinski definition) is 3. The van der Waals surface area contributed by atoms with Gasteiger partial charge in [0.05, 0.1) is 10.5 Å². The summed E-state index contributed by atoms with van der Waals surface area (Å²) in [6.07, 6.45) is 0. The van der Waals surface area contributed by atoms with Gasteiger partial charge in [-0.05, 0) is 53.6 Å². The Kier molecular flexibility index (Phi) is 11.8. The van der Waals surface area contributed by atoms with E-state index in [1.54, 1.807) is 26.8 Å². The molecule has 0 spiro atoms. The van der Waals surface area contributed by atoms with Crippen LogP contribution in [-0.4, -0.2) is 43.9 Å². The fourth-order valence-electron chi connectivity index (χ4n) is 3.20. The van der Waals surface area contributed by atoms with E-state index in [4.69, 9.17) is 9.90 Å². The van der Waals surface area contributed by atoms with Crippen molar-refractivity contribution in [1.82, 2.24) is 0 Å². The van der Waals surface area contributed by atoms with Crippen LogP contribution in [0.15, 0.2) is 33.6 Å². The van der Waals surface area contributed by atoms with E-state index in [2.05, 4.69) is 21.2 Å². The zero-order chi connectivity index (χ0) is 28.8. The molecule has 0 atom stereocenters. The van der Waals surface area contributed by atoms with E-state index in [1.807, 2.05) is 27.6 Å². The second kappa shape index (κ2) is 12.7. The Morgan fingerprint density at radius 2 is 1.58 bits per heavy atom. The van der Waals surface area contributed by atoms with Crippen molar-refractivity contribution in [3.8, 4) is 5.75 Å². The number of nitrogens with one attached hydrogen (secondary N) is 1. The summed E-state index contributed by atoms with van der Waals surface area (Å²) >= 11 is 3.40. The number of sulfone groups is 1. The number of halogens is 4. The number of aliphatic hydroxyl groups excluding tert-OH is 1. The van der Waals surface area contributed by atoms with Crippen LogP contribution in [-0.2, 0) is 20.0 Å². The van der Waals surface area contributed by atoms with Crippen molar-refractivity contribution < 1.29 is 41.4 Å². The average molecular weight is 598 g/mol. The SMILES string of the molecule is C=O.CO.Cc1c(Br)cc(C(C)(C)C)c(O)c1C(=O)Nc1ccc(S(=O)(=O)C(F)(F)F)cc1C(C)C. The molecule has 0 aromatic heterocycles. The number of benzene rings is 2. The van der Waals surface area contributed by atoms with Crippen molar-refractivity contribution in [2.24, 2.45) is 0 Å². The van der Waals surface area contributed by atoms with Crippen LogP contribution in [0.25, 0.3) is 0 Å². The lowest BCUT2D eigenvalue weighted by atomic mass is 9.84. The van der Waals surface area contributed by atoms with Gasteiger partial charge in [-0.2, -0.15) is 13.2 Å². The van der Waals surface area contributed by atoms with Gasteiger partial charge in [0.1, 0.15) is 12.5 Å². The Labute approximate surface area is 217 Å². The Bertz CT molecular complexity index is 1190. The summed E-state index contributed by atoms with van der Waals surface area (Å²) in [7, 11) is -4.53. The van der Waals surface area contributed by atoms with Crippen molar-refractivity contribution in [3.05, 3.63) is 51.0 Å². The molecule has 0 saturated heterocycles. The molecule has 2 aromatic rings. The number of phenolic OH excluding ortho intramolecular Hbond substituents is 1. The van der Waals surface area contributed by atoms with E-state index in [-0.39, 0.29) is 22.6 Å². The third-order valence-electron chi connectivity index (χ3n) is 5.04. The summed E-state index contributed by atoms with van der Waals surface area (Å²) in [6.45, 7) is 12.6. The topological polar surface area (TPSA) is 121 Å². The van der Waals surface area contributed by atoms with Gasteiger partial charge < -0.3 is 20.3 Å². The standard InChI is InChI=1S/C22H25BrF3NO4S.CH4O.CH2O/c1-11(2)14-9-13(32(30,31)22(24,25)26)7-8-17(14)27-20(29)18-12(3)16(23)10-15(19(18)28)21(4,5)6;2*1-2/h7-11,28H,1-6H3,(H,27,29);2H,1H3;1H2. The average Bonchev–Trinajstić information content (AvgIpc) is 2.77. The van der Waals surface area contributed by atoms with Crippen LogP contribution in [0.2, 0.25) is 0 Å². The van der Waals surface area contributed by atoms with E-state index >= 15 is 0 Å². The molecular formula is C24H31BrF3NO6S. The van der Waals surface area contributed by atoms with Crippen molar-refractivity contribution in [2.75, 3.05) is 12.4 Å². The highest BCUT2D eigenvalue weighted by Gasteiger charge is 2.47. The van der Waals surface area contributed by atoms with E-state index in [9.17, 15) is 31.5 Å². The van der Waals surface area contributed by atoms with Gasteiger partial charge in [-0.25, -0.2) is 8.42 Å². The zero-order valence-corrected chi connectivity index (χ0v) is 23.4. The first-order chi connectivity index (χ1) is 16.4. The summed E-state index contributed by atoms with van der Waals surface area (Å²) in [4.78, 5) is 20.2. The number of hydrogen-bond acceptors (Lipinski definition) is 6. The van der Waals surface area contributed by atoms with Gasteiger partial charge in [0.25, 0.3) is 15.7 Å². The Morgan fingerprint density at radius 1 is 1.08 bits per heavy atom. The smallest absolute Gasteiger partial charge is 0.501 e. The molecule has 36 heavy (non-hydrogen) atoms. The summed E-state index contributed by atoms with van der Waals surface area (Å²) in [6, 6.07) is 4.58. The van der Waals surface area contributed by atoms with Gasteiger partial charge in [-0.1, -0.05) is 50.5 Å². The van der Waals surface area contributed by atoms with Crippen LogP contribution >= 0.6 is 15.9 Å². The molecule has 0 aliphatic heterocycles. The molecule has 0 radical (unpaired) electrons. The lowest BCUT2D eigenvalue weighted by Gasteiger charge is -2.24. The number of carbonyl (C=O) groups excluding carboxylic acids is 2. The normalized spacial score (nSPS) is 11.7. The number of rotatable bonds is 4.